The van der Waals surface area contributed by atoms with E-state index in [2.05, 4.69) is 10.2 Å². The van der Waals surface area contributed by atoms with Gasteiger partial charge in [-0.2, -0.15) is 0 Å². The Labute approximate surface area is 228 Å². The number of thioether (sulfide) groups is 1. The minimum atomic E-state index is -1.08. The minimum Gasteiger partial charge on any atom is -0.493 e. The van der Waals surface area contributed by atoms with Gasteiger partial charge >= 0.3 is 5.97 Å². The maximum Gasteiger partial charge on any atom is 0.342 e. The van der Waals surface area contributed by atoms with E-state index in [1.165, 1.54) is 7.11 Å². The number of carboxylic acid groups (broad SMARTS) is 1. The van der Waals surface area contributed by atoms with E-state index >= 15 is 0 Å². The maximum absolute atomic E-state index is 12.1. The topological polar surface area (TPSA) is 86.5 Å². The monoisotopic (exact) mass is 555 g/mol. The highest BCUT2D eigenvalue weighted by Crippen LogP contribution is 2.34. The maximum atomic E-state index is 12.1. The molecule has 0 radical (unpaired) electrons. The number of rotatable bonds is 10. The molecule has 37 heavy (non-hydrogen) atoms. The average Bonchev–Trinajstić information content (AvgIpc) is 3.31. The number of benzene rings is 3. The van der Waals surface area contributed by atoms with Crippen molar-refractivity contribution in [1.29, 1.82) is 0 Å². The van der Waals surface area contributed by atoms with Crippen LogP contribution >= 0.6 is 35.0 Å². The van der Waals surface area contributed by atoms with Crippen molar-refractivity contribution >= 4 is 47.0 Å². The molecule has 0 aliphatic rings. The number of aromatic nitrogens is 3. The van der Waals surface area contributed by atoms with E-state index in [4.69, 9.17) is 32.7 Å². The number of carboxylic acids is 1. The SMILES string of the molecule is CCn1c(S/C(=C\c2ccc(OCc3ccccc3Cl)c(OC)c2)C(=O)O)nnc1-c1ccc(Cl)cc1. The third-order valence-electron chi connectivity index (χ3n) is 5.37. The van der Waals surface area contributed by atoms with Crippen molar-refractivity contribution in [2.45, 2.75) is 25.2 Å². The van der Waals surface area contributed by atoms with Gasteiger partial charge in [-0.25, -0.2) is 4.79 Å². The summed E-state index contributed by atoms with van der Waals surface area (Å²) in [5, 5.41) is 20.1. The average molecular weight is 556 g/mol. The number of aliphatic carboxylic acids is 1. The van der Waals surface area contributed by atoms with Crippen molar-refractivity contribution in [3.8, 4) is 22.9 Å². The van der Waals surface area contributed by atoms with Gasteiger partial charge in [0, 0.05) is 27.7 Å². The smallest absolute Gasteiger partial charge is 0.342 e. The van der Waals surface area contributed by atoms with Crippen molar-refractivity contribution in [3.63, 3.8) is 0 Å². The third kappa shape index (κ3) is 6.46. The Hall–Kier alpha value is -3.46. The third-order valence-corrected chi connectivity index (χ3v) is 6.99. The first-order valence-corrected chi connectivity index (χ1v) is 12.8. The Balaban J connectivity index is 1.57. The van der Waals surface area contributed by atoms with Crippen LogP contribution in [-0.4, -0.2) is 33.0 Å². The van der Waals surface area contributed by atoms with Gasteiger partial charge in [-0.15, -0.1) is 10.2 Å². The fourth-order valence-electron chi connectivity index (χ4n) is 3.51. The van der Waals surface area contributed by atoms with Gasteiger partial charge in [0.1, 0.15) is 11.5 Å². The molecule has 0 fully saturated rings. The van der Waals surface area contributed by atoms with Crippen LogP contribution in [-0.2, 0) is 17.9 Å². The van der Waals surface area contributed by atoms with Crippen LogP contribution in [0.2, 0.25) is 10.0 Å². The highest BCUT2D eigenvalue weighted by molar-refractivity contribution is 8.04. The predicted molar refractivity (Wildman–Crippen MR) is 146 cm³/mol. The van der Waals surface area contributed by atoms with Gasteiger partial charge in [-0.1, -0.05) is 47.5 Å². The van der Waals surface area contributed by atoms with Gasteiger partial charge in [0.15, 0.2) is 22.5 Å². The molecule has 0 saturated heterocycles. The zero-order chi connectivity index (χ0) is 26.4. The van der Waals surface area contributed by atoms with Crippen molar-refractivity contribution in [2.75, 3.05) is 7.11 Å². The second kappa shape index (κ2) is 12.2. The van der Waals surface area contributed by atoms with Gasteiger partial charge in [0.25, 0.3) is 0 Å². The van der Waals surface area contributed by atoms with Crippen molar-refractivity contribution in [3.05, 3.63) is 92.8 Å². The number of carbonyl (C=O) groups is 1. The predicted octanol–water partition coefficient (Wildman–Crippen LogP) is 7.08. The molecule has 1 heterocycles. The molecule has 0 saturated carbocycles. The number of hydrogen-bond acceptors (Lipinski definition) is 6. The summed E-state index contributed by atoms with van der Waals surface area (Å²) in [4.78, 5) is 12.2. The van der Waals surface area contributed by atoms with E-state index in [0.29, 0.717) is 44.6 Å². The lowest BCUT2D eigenvalue weighted by atomic mass is 10.2. The van der Waals surface area contributed by atoms with Gasteiger partial charge < -0.3 is 19.1 Å². The van der Waals surface area contributed by atoms with E-state index in [9.17, 15) is 9.90 Å². The van der Waals surface area contributed by atoms with Crippen LogP contribution in [0.25, 0.3) is 17.5 Å². The fourth-order valence-corrected chi connectivity index (χ4v) is 4.71. The lowest BCUT2D eigenvalue weighted by molar-refractivity contribution is -0.131. The van der Waals surface area contributed by atoms with Crippen LogP contribution < -0.4 is 9.47 Å². The molecule has 0 spiro atoms. The second-order valence-corrected chi connectivity index (χ2v) is 9.62. The van der Waals surface area contributed by atoms with Crippen molar-refractivity contribution in [1.82, 2.24) is 14.8 Å². The Kier molecular flexibility index (Phi) is 8.76. The molecule has 0 amide bonds. The molecule has 1 aromatic heterocycles. The van der Waals surface area contributed by atoms with Gasteiger partial charge in [-0.3, -0.25) is 0 Å². The number of halogens is 2. The van der Waals surface area contributed by atoms with E-state index in [0.717, 1.165) is 22.9 Å². The van der Waals surface area contributed by atoms with E-state index < -0.39 is 5.97 Å². The molecule has 3 aromatic carbocycles. The highest BCUT2D eigenvalue weighted by atomic mass is 35.5. The first kappa shape index (κ1) is 26.6. The molecule has 4 rings (SSSR count). The Bertz CT molecular complexity index is 1440. The quantitative estimate of drug-likeness (QED) is 0.165. The summed E-state index contributed by atoms with van der Waals surface area (Å²) < 4.78 is 13.2. The van der Waals surface area contributed by atoms with E-state index in [1.54, 1.807) is 42.5 Å². The molecule has 0 bridgehead atoms. The minimum absolute atomic E-state index is 0.0801. The summed E-state index contributed by atoms with van der Waals surface area (Å²) in [6.45, 7) is 2.78. The van der Waals surface area contributed by atoms with Crippen LogP contribution in [0.3, 0.4) is 0 Å². The van der Waals surface area contributed by atoms with E-state index in [1.807, 2.05) is 41.8 Å². The molecule has 0 aliphatic heterocycles. The summed E-state index contributed by atoms with van der Waals surface area (Å²) in [6.07, 6.45) is 1.56. The molecule has 0 aliphatic carbocycles. The molecule has 190 valence electrons. The summed E-state index contributed by atoms with van der Waals surface area (Å²) in [5.41, 5.74) is 2.31. The standard InChI is InChI=1S/C27H23Cl2N3O4S/c1-3-32-25(18-9-11-20(28)12-10-18)30-31-27(32)37-24(26(33)34)15-17-8-13-22(23(14-17)35-2)36-16-19-6-4-5-7-21(19)29/h4-15H,3,16H2,1-2H3,(H,33,34)/b24-15-. The summed E-state index contributed by atoms with van der Waals surface area (Å²) in [7, 11) is 1.53. The fraction of sp³-hybridized carbons (Fsp3) is 0.148. The summed E-state index contributed by atoms with van der Waals surface area (Å²) in [5.74, 6) is 0.537. The van der Waals surface area contributed by atoms with Gasteiger partial charge in [-0.05, 0) is 72.8 Å². The van der Waals surface area contributed by atoms with Gasteiger partial charge in [0.05, 0.1) is 7.11 Å². The molecule has 7 nitrogen and oxygen atoms in total. The van der Waals surface area contributed by atoms with Crippen LogP contribution in [0.15, 0.2) is 76.8 Å². The summed E-state index contributed by atoms with van der Waals surface area (Å²) in [6, 6.07) is 19.9. The lowest BCUT2D eigenvalue weighted by Crippen LogP contribution is -2.03. The zero-order valence-electron chi connectivity index (χ0n) is 20.0. The number of hydrogen-bond donors (Lipinski definition) is 1. The van der Waals surface area contributed by atoms with Crippen molar-refractivity contribution < 1.29 is 19.4 Å². The second-order valence-electron chi connectivity index (χ2n) is 7.76. The van der Waals surface area contributed by atoms with Gasteiger partial charge in [0.2, 0.25) is 0 Å². The number of methoxy groups -OCH3 is 1. The number of ether oxygens (including phenoxy) is 2. The zero-order valence-corrected chi connectivity index (χ0v) is 22.3. The first-order chi connectivity index (χ1) is 17.9. The van der Waals surface area contributed by atoms with Crippen LogP contribution in [0.1, 0.15) is 18.1 Å². The normalized spacial score (nSPS) is 11.4. The van der Waals surface area contributed by atoms with Crippen molar-refractivity contribution in [2.24, 2.45) is 0 Å². The molecule has 10 heteroatoms. The Morgan fingerprint density at radius 1 is 1.05 bits per heavy atom. The van der Waals surface area contributed by atoms with E-state index in [-0.39, 0.29) is 11.5 Å². The largest absolute Gasteiger partial charge is 0.493 e. The molecule has 0 unspecified atom stereocenters. The molecule has 4 aromatic rings. The highest BCUT2D eigenvalue weighted by Gasteiger charge is 2.19. The summed E-state index contributed by atoms with van der Waals surface area (Å²) >= 11 is 13.2. The Morgan fingerprint density at radius 3 is 2.49 bits per heavy atom. The van der Waals surface area contributed by atoms with Crippen LogP contribution in [0, 0.1) is 0 Å². The van der Waals surface area contributed by atoms with Crippen LogP contribution in [0.5, 0.6) is 11.5 Å². The molecule has 1 N–H and O–H groups in total. The molecule has 0 atom stereocenters. The molecular weight excluding hydrogens is 533 g/mol. The lowest BCUT2D eigenvalue weighted by Gasteiger charge is -2.12. The number of nitrogens with zero attached hydrogens (tertiary/aromatic N) is 3. The Morgan fingerprint density at radius 2 is 1.81 bits per heavy atom. The first-order valence-electron chi connectivity index (χ1n) is 11.3. The molecular formula is C27H23Cl2N3O4S. The van der Waals surface area contributed by atoms with Crippen LogP contribution in [0.4, 0.5) is 0 Å².